The zero-order valence-electron chi connectivity index (χ0n) is 10.7. The van der Waals surface area contributed by atoms with Gasteiger partial charge in [0, 0.05) is 6.61 Å². The van der Waals surface area contributed by atoms with Crippen LogP contribution in [0, 0.1) is 0 Å². The van der Waals surface area contributed by atoms with E-state index in [1.165, 1.54) is 24.8 Å². The van der Waals surface area contributed by atoms with Crippen molar-refractivity contribution in [3.05, 3.63) is 35.4 Å². The fourth-order valence-corrected chi connectivity index (χ4v) is 2.48. The van der Waals surface area contributed by atoms with Crippen LogP contribution < -0.4 is 0 Å². The van der Waals surface area contributed by atoms with Crippen molar-refractivity contribution >= 4 is 0 Å². The highest BCUT2D eigenvalue weighted by atomic mass is 16.5. The lowest BCUT2D eigenvalue weighted by Gasteiger charge is -2.30. The van der Waals surface area contributed by atoms with Crippen LogP contribution in [0.5, 0.6) is 0 Å². The Kier molecular flexibility index (Phi) is 4.19. The molecule has 17 heavy (non-hydrogen) atoms. The van der Waals surface area contributed by atoms with Gasteiger partial charge in [0.15, 0.2) is 0 Å². The van der Waals surface area contributed by atoms with Crippen molar-refractivity contribution in [1.82, 2.24) is 0 Å². The third-order valence-electron chi connectivity index (χ3n) is 3.73. The Labute approximate surface area is 104 Å². The number of benzene rings is 1. The van der Waals surface area contributed by atoms with E-state index in [0.29, 0.717) is 12.5 Å². The van der Waals surface area contributed by atoms with Crippen LogP contribution in [0.3, 0.4) is 0 Å². The molecule has 0 amide bonds. The van der Waals surface area contributed by atoms with Crippen molar-refractivity contribution in [3.8, 4) is 0 Å². The molecule has 0 spiro atoms. The average molecular weight is 234 g/mol. The van der Waals surface area contributed by atoms with Gasteiger partial charge >= 0.3 is 0 Å². The summed E-state index contributed by atoms with van der Waals surface area (Å²) in [6, 6.07) is 8.25. The number of ether oxygens (including phenoxy) is 1. The topological polar surface area (TPSA) is 29.5 Å². The molecule has 94 valence electrons. The highest BCUT2D eigenvalue weighted by molar-refractivity contribution is 5.33. The van der Waals surface area contributed by atoms with Crippen LogP contribution in [0.4, 0.5) is 0 Å². The summed E-state index contributed by atoms with van der Waals surface area (Å²) in [5.41, 5.74) is 2.37. The largest absolute Gasteiger partial charge is 0.386 e. The first kappa shape index (κ1) is 12.6. The van der Waals surface area contributed by atoms with Gasteiger partial charge in [-0.3, -0.25) is 0 Å². The third kappa shape index (κ3) is 2.70. The van der Waals surface area contributed by atoms with E-state index in [1.807, 2.05) is 26.0 Å². The van der Waals surface area contributed by atoms with Crippen molar-refractivity contribution in [1.29, 1.82) is 0 Å². The van der Waals surface area contributed by atoms with E-state index < -0.39 is 6.10 Å². The highest BCUT2D eigenvalue weighted by Crippen LogP contribution is 2.40. The number of hydrogen-bond donors (Lipinski definition) is 1. The van der Waals surface area contributed by atoms with Crippen LogP contribution in [-0.4, -0.2) is 17.8 Å². The molecule has 1 N–H and O–H groups in total. The lowest BCUT2D eigenvalue weighted by Crippen LogP contribution is -2.21. The summed E-state index contributed by atoms with van der Waals surface area (Å²) >= 11 is 0. The molecule has 0 aromatic heterocycles. The number of aliphatic hydroxyl groups excluding tert-OH is 1. The second-order valence-corrected chi connectivity index (χ2v) is 4.86. The first-order valence-corrected chi connectivity index (χ1v) is 6.62. The number of hydrogen-bond acceptors (Lipinski definition) is 2. The highest BCUT2D eigenvalue weighted by Gasteiger charge is 2.26. The number of aliphatic hydroxyl groups is 1. The smallest absolute Gasteiger partial charge is 0.105 e. The Morgan fingerprint density at radius 2 is 2.06 bits per heavy atom. The molecule has 1 saturated carbocycles. The van der Waals surface area contributed by atoms with Crippen LogP contribution in [0.2, 0.25) is 0 Å². The molecule has 1 aliphatic rings. The SMILES string of the molecule is CCOC(C)C(O)c1ccccc1C1CCC1. The molecule has 2 atom stereocenters. The molecule has 0 bridgehead atoms. The van der Waals surface area contributed by atoms with Crippen molar-refractivity contribution in [2.75, 3.05) is 6.61 Å². The van der Waals surface area contributed by atoms with Crippen LogP contribution >= 0.6 is 0 Å². The summed E-state index contributed by atoms with van der Waals surface area (Å²) < 4.78 is 5.49. The second-order valence-electron chi connectivity index (χ2n) is 4.86. The Morgan fingerprint density at radius 1 is 1.35 bits per heavy atom. The van der Waals surface area contributed by atoms with Crippen molar-refractivity contribution in [3.63, 3.8) is 0 Å². The Balaban J connectivity index is 2.18. The maximum atomic E-state index is 10.3. The van der Waals surface area contributed by atoms with Crippen molar-refractivity contribution in [2.45, 2.75) is 51.2 Å². The van der Waals surface area contributed by atoms with Gasteiger partial charge in [0.05, 0.1) is 6.10 Å². The van der Waals surface area contributed by atoms with Gasteiger partial charge in [-0.15, -0.1) is 0 Å². The molecule has 1 aliphatic carbocycles. The molecule has 1 aromatic rings. The molecule has 0 heterocycles. The summed E-state index contributed by atoms with van der Waals surface area (Å²) in [6.07, 6.45) is 3.18. The molecule has 0 radical (unpaired) electrons. The van der Waals surface area contributed by atoms with Crippen molar-refractivity contribution < 1.29 is 9.84 Å². The van der Waals surface area contributed by atoms with E-state index in [9.17, 15) is 5.11 Å². The first-order chi connectivity index (χ1) is 8.24. The summed E-state index contributed by atoms with van der Waals surface area (Å²) in [6.45, 7) is 4.54. The Hall–Kier alpha value is -0.860. The maximum absolute atomic E-state index is 10.3. The van der Waals surface area contributed by atoms with E-state index in [4.69, 9.17) is 4.74 Å². The van der Waals surface area contributed by atoms with E-state index in [1.54, 1.807) is 0 Å². The minimum absolute atomic E-state index is 0.138. The zero-order valence-corrected chi connectivity index (χ0v) is 10.7. The average Bonchev–Trinajstić information content (AvgIpc) is 2.27. The molecule has 2 rings (SSSR count). The Bertz CT molecular complexity index is 358. The predicted molar refractivity (Wildman–Crippen MR) is 69.1 cm³/mol. The van der Waals surface area contributed by atoms with Gasteiger partial charge in [-0.05, 0) is 43.7 Å². The van der Waals surface area contributed by atoms with E-state index >= 15 is 0 Å². The van der Waals surface area contributed by atoms with Crippen LogP contribution in [0.15, 0.2) is 24.3 Å². The summed E-state index contributed by atoms with van der Waals surface area (Å²) in [5.74, 6) is 0.648. The molecule has 0 aliphatic heterocycles. The summed E-state index contributed by atoms with van der Waals surface area (Å²) in [5, 5.41) is 10.3. The summed E-state index contributed by atoms with van der Waals surface area (Å²) in [7, 11) is 0. The number of rotatable bonds is 5. The normalized spacial score (nSPS) is 19.7. The zero-order chi connectivity index (χ0) is 12.3. The van der Waals surface area contributed by atoms with Gasteiger partial charge in [-0.25, -0.2) is 0 Å². The molecule has 2 nitrogen and oxygen atoms in total. The van der Waals surface area contributed by atoms with Gasteiger partial charge in [0.1, 0.15) is 6.10 Å². The van der Waals surface area contributed by atoms with E-state index in [0.717, 1.165) is 5.56 Å². The van der Waals surface area contributed by atoms with E-state index in [-0.39, 0.29) is 6.10 Å². The molecule has 1 fully saturated rings. The Morgan fingerprint density at radius 3 is 2.65 bits per heavy atom. The molecular formula is C15H22O2. The molecule has 0 saturated heterocycles. The van der Waals surface area contributed by atoms with Gasteiger partial charge in [0.2, 0.25) is 0 Å². The van der Waals surface area contributed by atoms with Crippen LogP contribution in [-0.2, 0) is 4.74 Å². The van der Waals surface area contributed by atoms with Gasteiger partial charge in [-0.2, -0.15) is 0 Å². The molecular weight excluding hydrogens is 212 g/mol. The molecule has 2 unspecified atom stereocenters. The van der Waals surface area contributed by atoms with Crippen LogP contribution in [0.1, 0.15) is 56.3 Å². The minimum atomic E-state index is -0.508. The van der Waals surface area contributed by atoms with Gasteiger partial charge in [0.25, 0.3) is 0 Å². The lowest BCUT2D eigenvalue weighted by atomic mass is 9.77. The predicted octanol–water partition coefficient (Wildman–Crippen LogP) is 3.41. The van der Waals surface area contributed by atoms with Crippen molar-refractivity contribution in [2.24, 2.45) is 0 Å². The first-order valence-electron chi connectivity index (χ1n) is 6.62. The van der Waals surface area contributed by atoms with Gasteiger partial charge in [-0.1, -0.05) is 30.7 Å². The lowest BCUT2D eigenvalue weighted by molar-refractivity contribution is -0.0234. The fourth-order valence-electron chi connectivity index (χ4n) is 2.48. The van der Waals surface area contributed by atoms with E-state index in [2.05, 4.69) is 12.1 Å². The monoisotopic (exact) mass is 234 g/mol. The fraction of sp³-hybridized carbons (Fsp3) is 0.600. The summed E-state index contributed by atoms with van der Waals surface area (Å²) in [4.78, 5) is 0. The minimum Gasteiger partial charge on any atom is -0.386 e. The van der Waals surface area contributed by atoms with Crippen LogP contribution in [0.25, 0.3) is 0 Å². The standard InChI is InChI=1S/C15H22O2/c1-3-17-11(2)15(16)14-10-5-4-9-13(14)12-7-6-8-12/h4-5,9-12,15-16H,3,6-8H2,1-2H3. The maximum Gasteiger partial charge on any atom is 0.105 e. The third-order valence-corrected chi connectivity index (χ3v) is 3.73. The molecule has 1 aromatic carbocycles. The molecule has 2 heteroatoms. The second kappa shape index (κ2) is 5.65. The van der Waals surface area contributed by atoms with Gasteiger partial charge < -0.3 is 9.84 Å². The quantitative estimate of drug-likeness (QED) is 0.846.